The van der Waals surface area contributed by atoms with Crippen molar-refractivity contribution < 1.29 is 19.1 Å². The molecule has 0 spiro atoms. The maximum atomic E-state index is 13.4. The summed E-state index contributed by atoms with van der Waals surface area (Å²) < 4.78 is 12.9. The van der Waals surface area contributed by atoms with Gasteiger partial charge in [-0.05, 0) is 38.1 Å². The molecule has 2 aromatic carbocycles. The molecule has 2 heterocycles. The molecule has 198 valence electrons. The molecule has 12 heteroatoms. The number of fused-ring (bicyclic) bond motifs is 2. The molecule has 0 bridgehead atoms. The average molecular weight is 555 g/mol. The summed E-state index contributed by atoms with van der Waals surface area (Å²) in [5, 5.41) is 1.52. The van der Waals surface area contributed by atoms with Crippen molar-refractivity contribution in [3.8, 4) is 0 Å². The van der Waals surface area contributed by atoms with Gasteiger partial charge in [-0.1, -0.05) is 47.8 Å². The summed E-state index contributed by atoms with van der Waals surface area (Å²) >= 11 is 2.20. The van der Waals surface area contributed by atoms with Crippen LogP contribution in [0.2, 0.25) is 0 Å². The van der Waals surface area contributed by atoms with Gasteiger partial charge in [-0.3, -0.25) is 28.3 Å². The Morgan fingerprint density at radius 3 is 1.50 bits per heavy atom. The lowest BCUT2D eigenvalue weighted by molar-refractivity contribution is -0.140. The third-order valence-electron chi connectivity index (χ3n) is 5.45. The Hall–Kier alpha value is -3.64. The van der Waals surface area contributed by atoms with Crippen molar-refractivity contribution in [1.29, 1.82) is 0 Å². The first-order valence-corrected chi connectivity index (χ1v) is 14.0. The minimum Gasteiger partial charge on any atom is -0.465 e. The van der Waals surface area contributed by atoms with Crippen LogP contribution in [0, 0.1) is 0 Å². The Balaban J connectivity index is 1.72. The highest BCUT2D eigenvalue weighted by Crippen LogP contribution is 2.21. The molecular formula is C26H26N4O6S2. The topological polar surface area (TPSA) is 122 Å². The monoisotopic (exact) mass is 554 g/mol. The number of para-hydroxylation sites is 2. The molecule has 0 unspecified atom stereocenters. The van der Waals surface area contributed by atoms with Crippen molar-refractivity contribution in [2.75, 3.05) is 24.7 Å². The number of nitrogens with zero attached hydrogens (tertiary/aromatic N) is 4. The second-order valence-electron chi connectivity index (χ2n) is 7.92. The van der Waals surface area contributed by atoms with Crippen molar-refractivity contribution >= 4 is 57.3 Å². The van der Waals surface area contributed by atoms with Crippen LogP contribution in [-0.2, 0) is 32.2 Å². The molecule has 4 rings (SSSR count). The van der Waals surface area contributed by atoms with Gasteiger partial charge in [0.1, 0.15) is 0 Å². The van der Waals surface area contributed by atoms with Gasteiger partial charge < -0.3 is 9.47 Å². The first-order valence-electron chi connectivity index (χ1n) is 12.0. The molecule has 0 aliphatic carbocycles. The van der Waals surface area contributed by atoms with Crippen molar-refractivity contribution in [1.82, 2.24) is 19.1 Å². The van der Waals surface area contributed by atoms with Crippen LogP contribution in [0.5, 0.6) is 0 Å². The third kappa shape index (κ3) is 6.25. The molecule has 0 saturated carbocycles. The first kappa shape index (κ1) is 27.4. The van der Waals surface area contributed by atoms with E-state index in [9.17, 15) is 19.2 Å². The van der Waals surface area contributed by atoms with E-state index in [1.807, 2.05) is 0 Å². The average Bonchev–Trinajstić information content (AvgIpc) is 2.92. The molecule has 0 aliphatic rings. The molecule has 4 aromatic rings. The Morgan fingerprint density at radius 2 is 1.11 bits per heavy atom. The summed E-state index contributed by atoms with van der Waals surface area (Å²) in [7, 11) is 0. The summed E-state index contributed by atoms with van der Waals surface area (Å²) in [4.78, 5) is 60.1. The Kier molecular flexibility index (Phi) is 9.19. The predicted octanol–water partition coefficient (Wildman–Crippen LogP) is 3.12. The fourth-order valence-electron chi connectivity index (χ4n) is 3.76. The van der Waals surface area contributed by atoms with Crippen LogP contribution in [0.3, 0.4) is 0 Å². The number of benzene rings is 2. The van der Waals surface area contributed by atoms with E-state index < -0.39 is 11.9 Å². The van der Waals surface area contributed by atoms with Gasteiger partial charge in [0.2, 0.25) is 0 Å². The maximum Gasteiger partial charge on any atom is 0.316 e. The summed E-state index contributed by atoms with van der Waals surface area (Å²) in [6.07, 6.45) is 0. The van der Waals surface area contributed by atoms with E-state index in [0.717, 1.165) is 23.5 Å². The number of carbonyl (C=O) groups excluding carboxylic acids is 2. The highest BCUT2D eigenvalue weighted by Gasteiger charge is 2.17. The number of esters is 2. The number of carbonyl (C=O) groups is 2. The van der Waals surface area contributed by atoms with Crippen molar-refractivity contribution in [3.05, 3.63) is 69.2 Å². The lowest BCUT2D eigenvalue weighted by atomic mass is 10.2. The van der Waals surface area contributed by atoms with E-state index >= 15 is 0 Å². The Labute approximate surface area is 226 Å². The smallest absolute Gasteiger partial charge is 0.316 e. The zero-order chi connectivity index (χ0) is 27.1. The first-order chi connectivity index (χ1) is 18.4. The van der Waals surface area contributed by atoms with Crippen LogP contribution in [0.25, 0.3) is 21.8 Å². The molecule has 38 heavy (non-hydrogen) atoms. The SMILES string of the molecule is CCOC(=O)CSc1nc2ccccc2c(=O)n1CCn1c(SCC(=O)OCC)nc2ccccc2c1=O. The fraction of sp³-hybridized carbons (Fsp3) is 0.308. The van der Waals surface area contributed by atoms with E-state index in [1.54, 1.807) is 62.4 Å². The zero-order valence-corrected chi connectivity index (χ0v) is 22.5. The van der Waals surface area contributed by atoms with Crippen molar-refractivity contribution in [2.24, 2.45) is 0 Å². The summed E-state index contributed by atoms with van der Waals surface area (Å²) in [5.41, 5.74) is 0.444. The lowest BCUT2D eigenvalue weighted by Gasteiger charge is -2.16. The second kappa shape index (κ2) is 12.7. The molecule has 0 N–H and O–H groups in total. The van der Waals surface area contributed by atoms with Gasteiger partial charge in [0.15, 0.2) is 10.3 Å². The molecule has 0 amide bonds. The molecule has 2 aromatic heterocycles. The quantitative estimate of drug-likeness (QED) is 0.155. The standard InChI is InChI=1S/C26H26N4O6S2/c1-3-35-21(31)15-37-25-27-19-11-7-5-9-17(19)23(33)29(25)13-14-30-24(34)18-10-6-8-12-20(18)28-26(30)38-16-22(32)36-4-2/h5-12H,3-4,13-16H2,1-2H3. The summed E-state index contributed by atoms with van der Waals surface area (Å²) in [5.74, 6) is -0.869. The van der Waals surface area contributed by atoms with Crippen LogP contribution in [0.1, 0.15) is 13.8 Å². The fourth-order valence-corrected chi connectivity index (χ4v) is 5.41. The Bertz CT molecular complexity index is 1480. The molecule has 0 atom stereocenters. The molecule has 0 aliphatic heterocycles. The maximum absolute atomic E-state index is 13.4. The third-order valence-corrected chi connectivity index (χ3v) is 7.35. The van der Waals surface area contributed by atoms with E-state index in [-0.39, 0.29) is 48.9 Å². The Morgan fingerprint density at radius 1 is 0.711 bits per heavy atom. The van der Waals surface area contributed by atoms with Crippen molar-refractivity contribution in [2.45, 2.75) is 37.2 Å². The second-order valence-corrected chi connectivity index (χ2v) is 9.81. The summed E-state index contributed by atoms with van der Waals surface area (Å²) in [6.45, 7) is 4.13. The minimum atomic E-state index is -0.418. The normalized spacial score (nSPS) is 11.1. The molecule has 0 fully saturated rings. The van der Waals surface area contributed by atoms with Gasteiger partial charge in [-0.25, -0.2) is 9.97 Å². The van der Waals surface area contributed by atoms with E-state index in [2.05, 4.69) is 9.97 Å². The molecule has 0 radical (unpaired) electrons. The highest BCUT2D eigenvalue weighted by molar-refractivity contribution is 8.00. The number of thioether (sulfide) groups is 2. The largest absolute Gasteiger partial charge is 0.465 e. The number of hydrogen-bond acceptors (Lipinski definition) is 10. The van der Waals surface area contributed by atoms with E-state index in [4.69, 9.17) is 9.47 Å². The number of aromatic nitrogens is 4. The van der Waals surface area contributed by atoms with Gasteiger partial charge in [0.25, 0.3) is 11.1 Å². The van der Waals surface area contributed by atoms with Gasteiger partial charge in [-0.15, -0.1) is 0 Å². The number of ether oxygens (including phenoxy) is 2. The van der Waals surface area contributed by atoms with Gasteiger partial charge in [-0.2, -0.15) is 0 Å². The zero-order valence-electron chi connectivity index (χ0n) is 20.9. The van der Waals surface area contributed by atoms with Gasteiger partial charge >= 0.3 is 11.9 Å². The lowest BCUT2D eigenvalue weighted by Crippen LogP contribution is -2.30. The minimum absolute atomic E-state index is 0.0171. The van der Waals surface area contributed by atoms with E-state index in [0.29, 0.717) is 32.1 Å². The van der Waals surface area contributed by atoms with Crippen LogP contribution < -0.4 is 11.1 Å². The molecule has 0 saturated heterocycles. The van der Waals surface area contributed by atoms with Gasteiger partial charge in [0, 0.05) is 13.1 Å². The van der Waals surface area contributed by atoms with E-state index in [1.165, 1.54) is 9.13 Å². The van der Waals surface area contributed by atoms with Crippen molar-refractivity contribution in [3.63, 3.8) is 0 Å². The highest BCUT2D eigenvalue weighted by atomic mass is 32.2. The van der Waals surface area contributed by atoms with Crippen LogP contribution >= 0.6 is 23.5 Å². The van der Waals surface area contributed by atoms with Crippen LogP contribution in [0.15, 0.2) is 68.4 Å². The van der Waals surface area contributed by atoms with Gasteiger partial charge in [0.05, 0.1) is 46.5 Å². The predicted molar refractivity (Wildman–Crippen MR) is 147 cm³/mol. The van der Waals surface area contributed by atoms with Crippen LogP contribution in [0.4, 0.5) is 0 Å². The molecular weight excluding hydrogens is 528 g/mol. The summed E-state index contributed by atoms with van der Waals surface area (Å²) in [6, 6.07) is 13.9. The number of rotatable bonds is 11. The number of hydrogen-bond donors (Lipinski definition) is 0. The molecule has 10 nitrogen and oxygen atoms in total. The van der Waals surface area contributed by atoms with Crippen LogP contribution in [-0.4, -0.2) is 55.8 Å².